The van der Waals surface area contributed by atoms with Gasteiger partial charge in [-0.15, -0.1) is 0 Å². The highest BCUT2D eigenvalue weighted by Crippen LogP contribution is 2.57. The summed E-state index contributed by atoms with van der Waals surface area (Å²) < 4.78 is 0. The van der Waals surface area contributed by atoms with E-state index in [4.69, 9.17) is 0 Å². The van der Waals surface area contributed by atoms with E-state index in [0.717, 1.165) is 0 Å². The van der Waals surface area contributed by atoms with Gasteiger partial charge in [-0.05, 0) is 97.0 Å². The molecular weight excluding hydrogens is 516 g/mol. The van der Waals surface area contributed by atoms with Crippen LogP contribution in [0, 0.1) is 6.92 Å². The third-order valence-electron chi connectivity index (χ3n) is 9.02. The fourth-order valence-electron chi connectivity index (χ4n) is 6.36. The Labute approximate surface area is 268 Å². The highest BCUT2D eigenvalue weighted by atomic mass is 14.5. The van der Waals surface area contributed by atoms with E-state index >= 15 is 0 Å². The summed E-state index contributed by atoms with van der Waals surface area (Å²) in [5, 5.41) is 2.87. The fraction of sp³-hybridized carbons (Fsp3) is 0.535. The van der Waals surface area contributed by atoms with Crippen molar-refractivity contribution in [1.29, 1.82) is 0 Å². The minimum absolute atomic E-state index is 0. The first-order valence-corrected chi connectivity index (χ1v) is 17.0. The summed E-state index contributed by atoms with van der Waals surface area (Å²) in [6.45, 7) is 22.1. The predicted molar refractivity (Wildman–Crippen MR) is 199 cm³/mol. The molecule has 0 aromatic heterocycles. The monoisotopic (exact) mass is 583 g/mol. The summed E-state index contributed by atoms with van der Waals surface area (Å²) in [5.74, 6) is 0. The Morgan fingerprint density at radius 2 is 1.14 bits per heavy atom. The van der Waals surface area contributed by atoms with Crippen LogP contribution in [0.2, 0.25) is 0 Å². The van der Waals surface area contributed by atoms with Gasteiger partial charge in [-0.3, -0.25) is 0 Å². The zero-order chi connectivity index (χ0) is 31.2. The average Bonchev–Trinajstić information content (AvgIpc) is 3.26. The zero-order valence-electron chi connectivity index (χ0n) is 29.0. The molecule has 0 N–H and O–H groups in total. The largest absolute Gasteiger partial charge is 0.0919 e. The van der Waals surface area contributed by atoms with Crippen LogP contribution in [0.25, 0.3) is 21.9 Å². The second-order valence-corrected chi connectivity index (χ2v) is 13.2. The molecule has 0 radical (unpaired) electrons. The molecule has 1 aliphatic carbocycles. The van der Waals surface area contributed by atoms with Gasteiger partial charge >= 0.3 is 0 Å². The molecule has 4 rings (SSSR count). The minimum atomic E-state index is 0. The van der Waals surface area contributed by atoms with Crippen LogP contribution in [0.15, 0.2) is 72.8 Å². The molecule has 3 aromatic carbocycles. The lowest BCUT2D eigenvalue weighted by Gasteiger charge is -2.34. The highest BCUT2D eigenvalue weighted by molar-refractivity contribution is 6.04. The van der Waals surface area contributed by atoms with E-state index in [1.165, 1.54) is 97.2 Å². The van der Waals surface area contributed by atoms with Crippen LogP contribution in [-0.4, -0.2) is 0 Å². The van der Waals surface area contributed by atoms with Gasteiger partial charge in [0.1, 0.15) is 0 Å². The van der Waals surface area contributed by atoms with Crippen molar-refractivity contribution in [3.8, 4) is 11.1 Å². The molecule has 0 heteroatoms. The summed E-state index contributed by atoms with van der Waals surface area (Å²) in [6.07, 6.45) is 21.2. The Bertz CT molecular complexity index is 1250. The van der Waals surface area contributed by atoms with Crippen LogP contribution in [0.5, 0.6) is 0 Å². The van der Waals surface area contributed by atoms with Crippen LogP contribution < -0.4 is 0 Å². The van der Waals surface area contributed by atoms with Crippen molar-refractivity contribution in [1.82, 2.24) is 0 Å². The van der Waals surface area contributed by atoms with Gasteiger partial charge in [0.2, 0.25) is 0 Å². The first kappa shape index (κ1) is 38.4. The second-order valence-electron chi connectivity index (χ2n) is 13.2. The molecular formula is C43H66. The maximum Gasteiger partial charge on any atom is 0.0215 e. The van der Waals surface area contributed by atoms with E-state index in [-0.39, 0.29) is 18.3 Å². The predicted octanol–water partition coefficient (Wildman–Crippen LogP) is 14.5. The Balaban J connectivity index is 0.000000917. The molecule has 43 heavy (non-hydrogen) atoms. The summed E-state index contributed by atoms with van der Waals surface area (Å²) in [6, 6.07) is 19.2. The van der Waals surface area contributed by atoms with E-state index in [1.807, 2.05) is 52.0 Å². The maximum absolute atomic E-state index is 2.61. The van der Waals surface area contributed by atoms with Gasteiger partial charge in [-0.2, -0.15) is 0 Å². The molecule has 0 bridgehead atoms. The van der Waals surface area contributed by atoms with Crippen molar-refractivity contribution in [3.05, 3.63) is 95.1 Å². The fourth-order valence-corrected chi connectivity index (χ4v) is 6.36. The summed E-state index contributed by atoms with van der Waals surface area (Å²) in [5.41, 5.74) is 9.51. The second kappa shape index (κ2) is 18.9. The lowest BCUT2D eigenvalue weighted by atomic mass is 9.69. The molecule has 0 saturated carbocycles. The Hall–Kier alpha value is -2.60. The highest BCUT2D eigenvalue weighted by Gasteiger charge is 2.43. The van der Waals surface area contributed by atoms with E-state index in [2.05, 4.69) is 90.1 Å². The van der Waals surface area contributed by atoms with Crippen molar-refractivity contribution in [2.24, 2.45) is 0 Å². The van der Waals surface area contributed by atoms with Crippen molar-refractivity contribution in [2.45, 2.75) is 152 Å². The number of hydrogen-bond acceptors (Lipinski definition) is 0. The lowest BCUT2D eigenvalue weighted by molar-refractivity contribution is 0.400. The van der Waals surface area contributed by atoms with Crippen molar-refractivity contribution < 1.29 is 0 Å². The topological polar surface area (TPSA) is 0 Å². The molecule has 0 atom stereocenters. The lowest BCUT2D eigenvalue weighted by Crippen LogP contribution is -2.26. The number of hydrogen-bond donors (Lipinski definition) is 0. The number of fused-ring (bicyclic) bond motifs is 5. The molecule has 0 amide bonds. The Kier molecular flexibility index (Phi) is 16.9. The number of benzene rings is 3. The third kappa shape index (κ3) is 9.69. The van der Waals surface area contributed by atoms with Crippen LogP contribution in [0.4, 0.5) is 0 Å². The van der Waals surface area contributed by atoms with Crippen LogP contribution >= 0.6 is 0 Å². The third-order valence-corrected chi connectivity index (χ3v) is 9.02. The molecule has 0 spiro atoms. The van der Waals surface area contributed by atoms with Gasteiger partial charge in [0, 0.05) is 5.41 Å². The molecule has 0 fully saturated rings. The SMILES string of the molecule is C.C/C=C\C.C/C=C\C.CCCCCCC1(CCCCCC)c2cc(C(C)(C)C)ccc2-c2c1cc(C)c1ccccc21. The molecule has 0 unspecified atom stereocenters. The number of unbranched alkanes of at least 4 members (excludes halogenated alkanes) is 6. The smallest absolute Gasteiger partial charge is 0.0215 e. The van der Waals surface area contributed by atoms with Crippen LogP contribution in [-0.2, 0) is 10.8 Å². The molecule has 0 saturated heterocycles. The minimum Gasteiger partial charge on any atom is -0.0919 e. The van der Waals surface area contributed by atoms with Gasteiger partial charge < -0.3 is 0 Å². The van der Waals surface area contributed by atoms with Gasteiger partial charge in [-0.1, -0.05) is 166 Å². The quantitative estimate of drug-likeness (QED) is 0.165. The van der Waals surface area contributed by atoms with Crippen LogP contribution in [0.3, 0.4) is 0 Å². The Morgan fingerprint density at radius 3 is 1.60 bits per heavy atom. The molecule has 0 aliphatic heterocycles. The zero-order valence-corrected chi connectivity index (χ0v) is 29.0. The summed E-state index contributed by atoms with van der Waals surface area (Å²) in [4.78, 5) is 0. The van der Waals surface area contributed by atoms with Gasteiger partial charge in [0.05, 0.1) is 0 Å². The first-order valence-electron chi connectivity index (χ1n) is 17.0. The Morgan fingerprint density at radius 1 is 0.628 bits per heavy atom. The number of rotatable bonds is 10. The first-order chi connectivity index (χ1) is 20.2. The van der Waals surface area contributed by atoms with E-state index in [0.29, 0.717) is 0 Å². The van der Waals surface area contributed by atoms with E-state index in [9.17, 15) is 0 Å². The van der Waals surface area contributed by atoms with Crippen molar-refractivity contribution in [2.75, 3.05) is 0 Å². The normalized spacial score (nSPS) is 13.2. The average molecular weight is 583 g/mol. The van der Waals surface area contributed by atoms with E-state index in [1.54, 1.807) is 11.1 Å². The maximum atomic E-state index is 2.61. The standard InChI is InChI=1S/C34H46.2C4H8.CH4/c1-7-9-11-15-21-34(22-16-12-10-8-2)30-24-26(33(4,5)6)19-20-29(30)32-28-18-14-13-17-27(28)25(3)23-31(32)34;2*1-3-4-2;/h13-14,17-20,23-24H,7-12,15-16,21-22H2,1-6H3;2*3-4H,1-2H3;1H4/b;2*4-3-;. The van der Waals surface area contributed by atoms with Gasteiger partial charge in [-0.25, -0.2) is 0 Å². The van der Waals surface area contributed by atoms with Crippen LogP contribution in [0.1, 0.15) is 156 Å². The summed E-state index contributed by atoms with van der Waals surface area (Å²) in [7, 11) is 0. The molecule has 0 nitrogen and oxygen atoms in total. The van der Waals surface area contributed by atoms with Crippen molar-refractivity contribution >= 4 is 10.8 Å². The van der Waals surface area contributed by atoms with Gasteiger partial charge in [0.15, 0.2) is 0 Å². The van der Waals surface area contributed by atoms with E-state index < -0.39 is 0 Å². The number of aryl methyl sites for hydroxylation is 1. The number of allylic oxidation sites excluding steroid dienone is 4. The van der Waals surface area contributed by atoms with Gasteiger partial charge in [0.25, 0.3) is 0 Å². The molecule has 238 valence electrons. The van der Waals surface area contributed by atoms with Crippen molar-refractivity contribution in [3.63, 3.8) is 0 Å². The summed E-state index contributed by atoms with van der Waals surface area (Å²) >= 11 is 0. The molecule has 0 heterocycles. The molecule has 3 aromatic rings. The molecule has 1 aliphatic rings.